The molecular formula is C19H27FN4O. The number of nitrogens with one attached hydrogen (secondary N) is 2. The molecule has 1 heterocycles. The molecule has 1 aromatic carbocycles. The fourth-order valence-corrected chi connectivity index (χ4v) is 2.63. The van der Waals surface area contributed by atoms with Gasteiger partial charge in [-0.2, -0.15) is 0 Å². The molecule has 1 aromatic heterocycles. The summed E-state index contributed by atoms with van der Waals surface area (Å²) in [6, 6.07) is 6.84. The van der Waals surface area contributed by atoms with Crippen molar-refractivity contribution in [1.82, 2.24) is 15.8 Å². The lowest BCUT2D eigenvalue weighted by Crippen LogP contribution is -2.38. The van der Waals surface area contributed by atoms with Gasteiger partial charge in [-0.05, 0) is 31.4 Å². The molecule has 2 aromatic rings. The molecule has 5 nitrogen and oxygen atoms in total. The number of hydrogen-bond acceptors (Lipinski definition) is 3. The zero-order valence-corrected chi connectivity index (χ0v) is 15.2. The number of halogens is 1. The largest absolute Gasteiger partial charge is 0.361 e. The molecule has 0 spiro atoms. The number of nitrogens with zero attached hydrogens (tertiary/aromatic N) is 2. The van der Waals surface area contributed by atoms with Gasteiger partial charge >= 0.3 is 0 Å². The first-order chi connectivity index (χ1) is 12.2. The second-order valence-electron chi connectivity index (χ2n) is 5.70. The van der Waals surface area contributed by atoms with Gasteiger partial charge in [0.05, 0.1) is 12.2 Å². The van der Waals surface area contributed by atoms with Gasteiger partial charge in [0.1, 0.15) is 11.6 Å². The minimum Gasteiger partial charge on any atom is -0.361 e. The lowest BCUT2D eigenvalue weighted by molar-refractivity contribution is 0.380. The molecule has 0 amide bonds. The van der Waals surface area contributed by atoms with Gasteiger partial charge in [0.2, 0.25) is 0 Å². The first-order valence-electron chi connectivity index (χ1n) is 8.91. The van der Waals surface area contributed by atoms with E-state index in [1.54, 1.807) is 12.1 Å². The van der Waals surface area contributed by atoms with Gasteiger partial charge in [0.15, 0.2) is 5.96 Å². The molecule has 0 saturated heterocycles. The Labute approximate surface area is 148 Å². The summed E-state index contributed by atoms with van der Waals surface area (Å²) < 4.78 is 19.1. The third kappa shape index (κ3) is 5.31. The highest BCUT2D eigenvalue weighted by molar-refractivity contribution is 5.79. The van der Waals surface area contributed by atoms with E-state index in [2.05, 4.69) is 27.7 Å². The Morgan fingerprint density at radius 2 is 1.96 bits per heavy atom. The molecule has 0 bridgehead atoms. The van der Waals surface area contributed by atoms with Crippen molar-refractivity contribution < 1.29 is 8.91 Å². The second kappa shape index (κ2) is 9.81. The van der Waals surface area contributed by atoms with Gasteiger partial charge in [-0.1, -0.05) is 37.2 Å². The number of aliphatic imine (C=N–C) groups is 1. The van der Waals surface area contributed by atoms with Gasteiger partial charge in [0, 0.05) is 25.1 Å². The van der Waals surface area contributed by atoms with E-state index in [4.69, 9.17) is 4.52 Å². The molecule has 0 aliphatic heterocycles. The van der Waals surface area contributed by atoms with Crippen LogP contribution in [0.4, 0.5) is 4.39 Å². The summed E-state index contributed by atoms with van der Waals surface area (Å²) in [5.74, 6) is 1.43. The molecule has 25 heavy (non-hydrogen) atoms. The van der Waals surface area contributed by atoms with E-state index in [0.717, 1.165) is 36.4 Å². The number of rotatable bonds is 8. The molecule has 6 heteroatoms. The predicted molar refractivity (Wildman–Crippen MR) is 98.2 cm³/mol. The van der Waals surface area contributed by atoms with E-state index in [9.17, 15) is 4.39 Å². The smallest absolute Gasteiger partial charge is 0.191 e. The number of benzene rings is 1. The maximum Gasteiger partial charge on any atom is 0.191 e. The van der Waals surface area contributed by atoms with E-state index in [-0.39, 0.29) is 5.82 Å². The lowest BCUT2D eigenvalue weighted by Gasteiger charge is -2.11. The van der Waals surface area contributed by atoms with Crippen molar-refractivity contribution in [3.8, 4) is 0 Å². The Hall–Kier alpha value is -2.37. The van der Waals surface area contributed by atoms with Gasteiger partial charge in [0.25, 0.3) is 0 Å². The molecule has 0 fully saturated rings. The van der Waals surface area contributed by atoms with E-state index in [1.165, 1.54) is 6.07 Å². The molecule has 0 unspecified atom stereocenters. The van der Waals surface area contributed by atoms with Crippen molar-refractivity contribution in [3.05, 3.63) is 52.7 Å². The second-order valence-corrected chi connectivity index (χ2v) is 5.70. The summed E-state index contributed by atoms with van der Waals surface area (Å²) in [6.45, 7) is 8.01. The van der Waals surface area contributed by atoms with Crippen LogP contribution in [0.3, 0.4) is 0 Å². The molecule has 0 aliphatic carbocycles. The van der Waals surface area contributed by atoms with E-state index in [0.29, 0.717) is 31.0 Å². The van der Waals surface area contributed by atoms with Gasteiger partial charge in [-0.25, -0.2) is 9.38 Å². The number of aromatic nitrogens is 1. The monoisotopic (exact) mass is 346 g/mol. The van der Waals surface area contributed by atoms with Crippen molar-refractivity contribution in [2.75, 3.05) is 13.1 Å². The third-order valence-electron chi connectivity index (χ3n) is 3.99. The number of hydrogen-bond donors (Lipinski definition) is 2. The molecule has 136 valence electrons. The SMILES string of the molecule is CCNC(=NCc1c(CC)noc1CC)NCCc1ccccc1F. The molecule has 0 radical (unpaired) electrons. The van der Waals surface area contributed by atoms with Crippen LogP contribution in [0.25, 0.3) is 0 Å². The summed E-state index contributed by atoms with van der Waals surface area (Å²) in [5, 5.41) is 10.6. The topological polar surface area (TPSA) is 62.5 Å². The summed E-state index contributed by atoms with van der Waals surface area (Å²) >= 11 is 0. The molecule has 0 saturated carbocycles. The Balaban J connectivity index is 1.99. The normalized spacial score (nSPS) is 11.6. The van der Waals surface area contributed by atoms with Gasteiger partial charge in [-0.15, -0.1) is 0 Å². The minimum atomic E-state index is -0.170. The van der Waals surface area contributed by atoms with E-state index in [1.807, 2.05) is 19.9 Å². The lowest BCUT2D eigenvalue weighted by atomic mass is 10.1. The highest BCUT2D eigenvalue weighted by Gasteiger charge is 2.13. The number of guanidine groups is 1. The van der Waals surface area contributed by atoms with Crippen LogP contribution in [0.15, 0.2) is 33.8 Å². The summed E-state index contributed by atoms with van der Waals surface area (Å²) in [7, 11) is 0. The van der Waals surface area contributed by atoms with Crippen LogP contribution in [0, 0.1) is 5.82 Å². The van der Waals surface area contributed by atoms with Crippen LogP contribution in [-0.2, 0) is 25.8 Å². The zero-order valence-electron chi connectivity index (χ0n) is 15.2. The average Bonchev–Trinajstić information content (AvgIpc) is 3.03. The fraction of sp³-hybridized carbons (Fsp3) is 0.474. The first kappa shape index (κ1) is 19.0. The van der Waals surface area contributed by atoms with Crippen molar-refractivity contribution in [1.29, 1.82) is 0 Å². The predicted octanol–water partition coefficient (Wildman–Crippen LogP) is 3.24. The Bertz CT molecular complexity index is 675. The Morgan fingerprint density at radius 1 is 1.16 bits per heavy atom. The van der Waals surface area contributed by atoms with Gasteiger partial charge < -0.3 is 15.2 Å². The molecule has 0 aliphatic rings. The van der Waals surface area contributed by atoms with Crippen LogP contribution < -0.4 is 10.6 Å². The fourth-order valence-electron chi connectivity index (χ4n) is 2.63. The van der Waals surface area contributed by atoms with Crippen molar-refractivity contribution in [2.45, 2.75) is 46.6 Å². The van der Waals surface area contributed by atoms with Crippen molar-refractivity contribution in [2.24, 2.45) is 4.99 Å². The van der Waals surface area contributed by atoms with Crippen LogP contribution in [-0.4, -0.2) is 24.2 Å². The van der Waals surface area contributed by atoms with E-state index < -0.39 is 0 Å². The first-order valence-corrected chi connectivity index (χ1v) is 8.91. The highest BCUT2D eigenvalue weighted by Crippen LogP contribution is 2.16. The quantitative estimate of drug-likeness (QED) is 0.569. The van der Waals surface area contributed by atoms with Crippen LogP contribution in [0.5, 0.6) is 0 Å². The van der Waals surface area contributed by atoms with Crippen molar-refractivity contribution in [3.63, 3.8) is 0 Å². The molecule has 2 N–H and O–H groups in total. The molecule has 0 atom stereocenters. The van der Waals surface area contributed by atoms with E-state index >= 15 is 0 Å². The maximum atomic E-state index is 13.7. The van der Waals surface area contributed by atoms with Crippen LogP contribution in [0.1, 0.15) is 43.4 Å². The molecular weight excluding hydrogens is 319 g/mol. The maximum absolute atomic E-state index is 13.7. The van der Waals surface area contributed by atoms with Crippen LogP contribution in [0.2, 0.25) is 0 Å². The van der Waals surface area contributed by atoms with Crippen molar-refractivity contribution >= 4 is 5.96 Å². The zero-order chi connectivity index (χ0) is 18.1. The molecule has 2 rings (SSSR count). The van der Waals surface area contributed by atoms with Gasteiger partial charge in [-0.3, -0.25) is 0 Å². The highest BCUT2D eigenvalue weighted by atomic mass is 19.1. The summed E-state index contributed by atoms with van der Waals surface area (Å²) in [6.07, 6.45) is 2.23. The van der Waals surface area contributed by atoms with Crippen LogP contribution >= 0.6 is 0 Å². The Morgan fingerprint density at radius 3 is 2.64 bits per heavy atom. The average molecular weight is 346 g/mol. The summed E-state index contributed by atoms with van der Waals surface area (Å²) in [4.78, 5) is 4.63. The standard InChI is InChI=1S/C19H27FN4O/c1-4-17-15(18(5-2)25-24-17)13-23-19(21-6-3)22-12-11-14-9-7-8-10-16(14)20/h7-10H,4-6,11-13H2,1-3H3,(H2,21,22,23). The summed E-state index contributed by atoms with van der Waals surface area (Å²) in [5.41, 5.74) is 2.73. The Kier molecular flexibility index (Phi) is 7.44. The number of aryl methyl sites for hydroxylation is 2. The minimum absolute atomic E-state index is 0.170. The third-order valence-corrected chi connectivity index (χ3v) is 3.99.